The van der Waals surface area contributed by atoms with Crippen molar-refractivity contribution in [1.82, 2.24) is 0 Å². The van der Waals surface area contributed by atoms with Gasteiger partial charge in [0.2, 0.25) is 0 Å². The van der Waals surface area contributed by atoms with Crippen molar-refractivity contribution in [1.29, 1.82) is 0 Å². The first-order valence-electron chi connectivity index (χ1n) is 6.94. The summed E-state index contributed by atoms with van der Waals surface area (Å²) in [5, 5.41) is 0.140. The molecule has 0 aliphatic rings. The molecule has 0 rings (SSSR count). The molecule has 0 aromatic carbocycles. The minimum atomic E-state index is -0.235. The Bertz CT molecular complexity index is 222. The van der Waals surface area contributed by atoms with Crippen LogP contribution in [0.5, 0.6) is 0 Å². The molecule has 18 heavy (non-hydrogen) atoms. The van der Waals surface area contributed by atoms with Gasteiger partial charge in [-0.2, -0.15) is 0 Å². The Hall–Kier alpha value is 0.900. The van der Waals surface area contributed by atoms with Gasteiger partial charge in [0.25, 0.3) is 0 Å². The van der Waals surface area contributed by atoms with Gasteiger partial charge in [-0.05, 0) is 6.42 Å². The fourth-order valence-corrected chi connectivity index (χ4v) is 2.63. The highest BCUT2D eigenvalue weighted by atomic mass is 35.5. The maximum atomic E-state index is 6.06. The molecule has 0 aromatic heterocycles. The summed E-state index contributed by atoms with van der Waals surface area (Å²) >= 11 is 23.1. The first kappa shape index (κ1) is 18.9. The Morgan fingerprint density at radius 3 is 1.67 bits per heavy atom. The molecule has 0 N–H and O–H groups in total. The Morgan fingerprint density at radius 2 is 1.22 bits per heavy atom. The SMILES string of the molecule is CCCCCCCCCCCC(Cl)C(Cl)=C(Cl)Cl. The summed E-state index contributed by atoms with van der Waals surface area (Å²) in [5.74, 6) is 0. The second-order valence-electron chi connectivity index (χ2n) is 4.69. The van der Waals surface area contributed by atoms with Crippen LogP contribution in [0, 0.1) is 0 Å². The van der Waals surface area contributed by atoms with Crippen LogP contribution in [0.4, 0.5) is 0 Å². The number of hydrogen-bond acceptors (Lipinski definition) is 0. The Balaban J connectivity index is 3.33. The number of halogens is 4. The van der Waals surface area contributed by atoms with Crippen LogP contribution < -0.4 is 0 Å². The molecule has 108 valence electrons. The van der Waals surface area contributed by atoms with Crippen LogP contribution >= 0.6 is 46.4 Å². The monoisotopic (exact) mass is 332 g/mol. The maximum absolute atomic E-state index is 6.06. The molecule has 0 radical (unpaired) electrons. The first-order valence-corrected chi connectivity index (χ1v) is 8.51. The van der Waals surface area contributed by atoms with Crippen molar-refractivity contribution >= 4 is 46.4 Å². The summed E-state index contributed by atoms with van der Waals surface area (Å²) in [6.45, 7) is 2.25. The van der Waals surface area contributed by atoms with Crippen LogP contribution in [0.2, 0.25) is 0 Å². The average Bonchev–Trinajstić information content (AvgIpc) is 2.35. The molecule has 0 saturated carbocycles. The second kappa shape index (κ2) is 12.9. The summed E-state index contributed by atoms with van der Waals surface area (Å²) in [6.07, 6.45) is 12.6. The summed E-state index contributed by atoms with van der Waals surface area (Å²) in [6, 6.07) is 0. The molecular weight excluding hydrogens is 310 g/mol. The molecular formula is C14H24Cl4. The quantitative estimate of drug-likeness (QED) is 0.273. The highest BCUT2D eigenvalue weighted by Crippen LogP contribution is 2.27. The van der Waals surface area contributed by atoms with E-state index in [1.165, 1.54) is 51.4 Å². The van der Waals surface area contributed by atoms with Gasteiger partial charge in [0.15, 0.2) is 0 Å². The summed E-state index contributed by atoms with van der Waals surface area (Å²) < 4.78 is 0.0904. The van der Waals surface area contributed by atoms with Gasteiger partial charge < -0.3 is 0 Å². The normalized spacial score (nSPS) is 12.5. The predicted molar refractivity (Wildman–Crippen MR) is 86.1 cm³/mol. The van der Waals surface area contributed by atoms with Gasteiger partial charge in [0.1, 0.15) is 4.49 Å². The Kier molecular flexibility index (Phi) is 13.6. The van der Waals surface area contributed by atoms with Gasteiger partial charge in [-0.15, -0.1) is 11.6 Å². The van der Waals surface area contributed by atoms with E-state index in [2.05, 4.69) is 6.92 Å². The van der Waals surface area contributed by atoms with Crippen LogP contribution in [0.3, 0.4) is 0 Å². The molecule has 0 heterocycles. The molecule has 0 aliphatic carbocycles. The highest BCUT2D eigenvalue weighted by Gasteiger charge is 2.11. The summed E-state index contributed by atoms with van der Waals surface area (Å²) in [4.78, 5) is 0. The molecule has 0 aliphatic heterocycles. The zero-order valence-corrected chi connectivity index (χ0v) is 14.2. The fourth-order valence-electron chi connectivity index (χ4n) is 1.88. The minimum Gasteiger partial charge on any atom is -0.117 e. The number of rotatable bonds is 11. The van der Waals surface area contributed by atoms with E-state index < -0.39 is 0 Å². The van der Waals surface area contributed by atoms with E-state index in [9.17, 15) is 0 Å². The van der Waals surface area contributed by atoms with Crippen LogP contribution in [-0.2, 0) is 0 Å². The molecule has 4 heteroatoms. The summed E-state index contributed by atoms with van der Waals surface area (Å²) in [7, 11) is 0. The Morgan fingerprint density at radius 1 is 0.778 bits per heavy atom. The van der Waals surface area contributed by atoms with Crippen molar-refractivity contribution in [3.63, 3.8) is 0 Å². The molecule has 1 atom stereocenters. The first-order chi connectivity index (χ1) is 8.59. The molecule has 0 aromatic rings. The Labute approximate surface area is 132 Å². The van der Waals surface area contributed by atoms with Gasteiger partial charge in [0, 0.05) is 0 Å². The zero-order valence-electron chi connectivity index (χ0n) is 11.2. The number of allylic oxidation sites excluding steroid dienone is 1. The van der Waals surface area contributed by atoms with Crippen molar-refractivity contribution < 1.29 is 0 Å². The topological polar surface area (TPSA) is 0 Å². The third-order valence-electron chi connectivity index (χ3n) is 3.02. The zero-order chi connectivity index (χ0) is 13.8. The molecule has 0 spiro atoms. The molecule has 0 amide bonds. The van der Waals surface area contributed by atoms with E-state index in [0.717, 1.165) is 12.8 Å². The van der Waals surface area contributed by atoms with E-state index >= 15 is 0 Å². The van der Waals surface area contributed by atoms with Crippen LogP contribution in [0.15, 0.2) is 9.52 Å². The second-order valence-corrected chi connectivity index (χ2v) is 6.58. The van der Waals surface area contributed by atoms with Crippen molar-refractivity contribution in [2.45, 2.75) is 76.5 Å². The van der Waals surface area contributed by atoms with Crippen molar-refractivity contribution in [2.75, 3.05) is 0 Å². The fraction of sp³-hybridized carbons (Fsp3) is 0.857. The number of alkyl halides is 1. The summed E-state index contributed by atoms with van der Waals surface area (Å²) in [5.41, 5.74) is 0. The van der Waals surface area contributed by atoms with Gasteiger partial charge in [0.05, 0.1) is 10.4 Å². The largest absolute Gasteiger partial charge is 0.122 e. The predicted octanol–water partition coefficient (Wildman–Crippen LogP) is 7.40. The van der Waals surface area contributed by atoms with Gasteiger partial charge >= 0.3 is 0 Å². The lowest BCUT2D eigenvalue weighted by Gasteiger charge is -2.08. The van der Waals surface area contributed by atoms with Gasteiger partial charge in [-0.25, -0.2) is 0 Å². The molecule has 0 saturated heterocycles. The highest BCUT2D eigenvalue weighted by molar-refractivity contribution is 6.60. The molecule has 0 nitrogen and oxygen atoms in total. The van der Waals surface area contributed by atoms with Gasteiger partial charge in [-0.3, -0.25) is 0 Å². The minimum absolute atomic E-state index is 0.0904. The third-order valence-corrected chi connectivity index (χ3v) is 4.62. The molecule has 0 fully saturated rings. The number of hydrogen-bond donors (Lipinski definition) is 0. The standard InChI is InChI=1S/C14H24Cl4/c1-2-3-4-5-6-7-8-9-10-11-12(15)13(16)14(17)18/h12H,2-11H2,1H3. The smallest absolute Gasteiger partial charge is 0.117 e. The van der Waals surface area contributed by atoms with E-state index in [4.69, 9.17) is 46.4 Å². The van der Waals surface area contributed by atoms with E-state index in [1.54, 1.807) is 0 Å². The van der Waals surface area contributed by atoms with E-state index in [0.29, 0.717) is 5.03 Å². The molecule has 0 bridgehead atoms. The third kappa shape index (κ3) is 10.8. The van der Waals surface area contributed by atoms with E-state index in [1.807, 2.05) is 0 Å². The maximum Gasteiger partial charge on any atom is 0.122 e. The van der Waals surface area contributed by atoms with Crippen molar-refractivity contribution in [3.8, 4) is 0 Å². The van der Waals surface area contributed by atoms with Crippen LogP contribution in [-0.4, -0.2) is 5.38 Å². The van der Waals surface area contributed by atoms with E-state index in [-0.39, 0.29) is 9.87 Å². The lowest BCUT2D eigenvalue weighted by atomic mass is 10.1. The van der Waals surface area contributed by atoms with Crippen LogP contribution in [0.1, 0.15) is 71.1 Å². The number of unbranched alkanes of at least 4 members (excludes halogenated alkanes) is 8. The lowest BCUT2D eigenvalue weighted by Crippen LogP contribution is -1.99. The van der Waals surface area contributed by atoms with Crippen molar-refractivity contribution in [2.24, 2.45) is 0 Å². The van der Waals surface area contributed by atoms with Crippen molar-refractivity contribution in [3.05, 3.63) is 9.52 Å². The average molecular weight is 334 g/mol. The van der Waals surface area contributed by atoms with Gasteiger partial charge in [-0.1, -0.05) is 99.5 Å². The lowest BCUT2D eigenvalue weighted by molar-refractivity contribution is 0.558. The molecule has 1 unspecified atom stereocenters. The van der Waals surface area contributed by atoms with Crippen LogP contribution in [0.25, 0.3) is 0 Å².